The number of nitrogens with one attached hydrogen (secondary N) is 2. The Morgan fingerprint density at radius 3 is 2.84 bits per heavy atom. The minimum Gasteiger partial charge on any atom is -0.481 e. The molecule has 1 aliphatic carbocycles. The van der Waals surface area contributed by atoms with E-state index in [1.165, 1.54) is 0 Å². The summed E-state index contributed by atoms with van der Waals surface area (Å²) in [5.74, 6) is 0.240. The monoisotopic (exact) mass is 266 g/mol. The fourth-order valence-electron chi connectivity index (χ4n) is 2.00. The predicted molar refractivity (Wildman–Crippen MR) is 67.7 cm³/mol. The molecule has 1 saturated carbocycles. The summed E-state index contributed by atoms with van der Waals surface area (Å²) in [5.41, 5.74) is 0. The number of rotatable bonds is 7. The normalized spacial score (nSPS) is 15.8. The smallest absolute Gasteiger partial charge is 0.315 e. The van der Waals surface area contributed by atoms with Crippen LogP contribution in [0.2, 0.25) is 0 Å². The third-order valence-corrected chi connectivity index (χ3v) is 3.14. The molecule has 2 rings (SSSR count). The van der Waals surface area contributed by atoms with Crippen LogP contribution in [-0.4, -0.2) is 29.7 Å². The van der Waals surface area contributed by atoms with E-state index < -0.39 is 5.97 Å². The van der Waals surface area contributed by atoms with E-state index in [1.54, 1.807) is 12.3 Å². The molecular weight excluding hydrogens is 248 g/mol. The summed E-state index contributed by atoms with van der Waals surface area (Å²) in [6, 6.07) is 3.06. The van der Waals surface area contributed by atoms with Gasteiger partial charge >= 0.3 is 12.0 Å². The van der Waals surface area contributed by atoms with Crippen molar-refractivity contribution in [2.24, 2.45) is 5.92 Å². The summed E-state index contributed by atoms with van der Waals surface area (Å²) in [7, 11) is 0. The van der Waals surface area contributed by atoms with Gasteiger partial charge in [-0.1, -0.05) is 0 Å². The van der Waals surface area contributed by atoms with Crippen molar-refractivity contribution in [1.29, 1.82) is 0 Å². The van der Waals surface area contributed by atoms with Gasteiger partial charge < -0.3 is 20.2 Å². The molecule has 1 heterocycles. The maximum absolute atomic E-state index is 11.6. The molecule has 6 heteroatoms. The highest BCUT2D eigenvalue weighted by atomic mass is 16.4. The highest BCUT2D eigenvalue weighted by molar-refractivity contribution is 5.75. The van der Waals surface area contributed by atoms with Gasteiger partial charge in [0, 0.05) is 19.0 Å². The zero-order valence-electron chi connectivity index (χ0n) is 10.6. The highest BCUT2D eigenvalue weighted by Crippen LogP contribution is 2.33. The lowest BCUT2D eigenvalue weighted by molar-refractivity contribution is -0.137. The molecule has 1 fully saturated rings. The number of hydrogen-bond donors (Lipinski definition) is 3. The molecule has 0 radical (unpaired) electrons. The van der Waals surface area contributed by atoms with E-state index in [0.717, 1.165) is 18.6 Å². The molecule has 0 spiro atoms. The van der Waals surface area contributed by atoms with Crippen LogP contribution >= 0.6 is 0 Å². The molecule has 104 valence electrons. The van der Waals surface area contributed by atoms with E-state index in [1.807, 2.05) is 6.07 Å². The predicted octanol–water partition coefficient (Wildman–Crippen LogP) is 1.37. The van der Waals surface area contributed by atoms with Crippen molar-refractivity contribution >= 4 is 12.0 Å². The Hall–Kier alpha value is -1.98. The van der Waals surface area contributed by atoms with Crippen molar-refractivity contribution in [2.45, 2.75) is 31.7 Å². The van der Waals surface area contributed by atoms with Crippen molar-refractivity contribution in [3.63, 3.8) is 0 Å². The highest BCUT2D eigenvalue weighted by Gasteiger charge is 2.33. The summed E-state index contributed by atoms with van der Waals surface area (Å²) in [6.07, 6.45) is 4.17. The molecule has 1 unspecified atom stereocenters. The van der Waals surface area contributed by atoms with Gasteiger partial charge in [0.15, 0.2) is 0 Å². The van der Waals surface area contributed by atoms with Crippen molar-refractivity contribution < 1.29 is 19.1 Å². The maximum atomic E-state index is 11.6. The number of amides is 2. The zero-order chi connectivity index (χ0) is 13.7. The van der Waals surface area contributed by atoms with E-state index >= 15 is 0 Å². The van der Waals surface area contributed by atoms with Crippen LogP contribution in [0.15, 0.2) is 22.8 Å². The van der Waals surface area contributed by atoms with Crippen molar-refractivity contribution in [3.05, 3.63) is 24.2 Å². The van der Waals surface area contributed by atoms with Crippen LogP contribution in [-0.2, 0) is 11.2 Å². The maximum Gasteiger partial charge on any atom is 0.315 e. The molecule has 3 N–H and O–H groups in total. The number of carbonyl (C=O) groups is 2. The number of carbonyl (C=O) groups excluding carboxylic acids is 1. The Labute approximate surface area is 111 Å². The number of carboxylic acid groups (broad SMARTS) is 1. The Bertz CT molecular complexity index is 426. The van der Waals surface area contributed by atoms with Gasteiger partial charge in [-0.2, -0.15) is 0 Å². The Morgan fingerprint density at radius 2 is 2.26 bits per heavy atom. The van der Waals surface area contributed by atoms with E-state index in [-0.39, 0.29) is 18.5 Å². The van der Waals surface area contributed by atoms with E-state index in [4.69, 9.17) is 9.52 Å². The summed E-state index contributed by atoms with van der Waals surface area (Å²) in [5, 5.41) is 14.2. The van der Waals surface area contributed by atoms with Gasteiger partial charge in [0.2, 0.25) is 0 Å². The average molecular weight is 266 g/mol. The minimum absolute atomic E-state index is 0.0176. The van der Waals surface area contributed by atoms with Crippen LogP contribution in [0.1, 0.15) is 25.0 Å². The molecule has 1 aliphatic rings. The molecule has 0 aromatic carbocycles. The van der Waals surface area contributed by atoms with E-state index in [2.05, 4.69) is 10.6 Å². The van der Waals surface area contributed by atoms with Crippen LogP contribution in [0.25, 0.3) is 0 Å². The first-order valence-electron chi connectivity index (χ1n) is 6.43. The van der Waals surface area contributed by atoms with Crippen LogP contribution < -0.4 is 10.6 Å². The Morgan fingerprint density at radius 1 is 1.47 bits per heavy atom. The summed E-state index contributed by atoms with van der Waals surface area (Å²) >= 11 is 0. The molecule has 1 atom stereocenters. The Balaban J connectivity index is 1.68. The zero-order valence-corrected chi connectivity index (χ0v) is 10.6. The van der Waals surface area contributed by atoms with Gasteiger partial charge in [0.1, 0.15) is 5.76 Å². The van der Waals surface area contributed by atoms with Crippen LogP contribution in [0.4, 0.5) is 4.79 Å². The first-order valence-corrected chi connectivity index (χ1v) is 6.43. The fraction of sp³-hybridized carbons (Fsp3) is 0.538. The lowest BCUT2D eigenvalue weighted by Gasteiger charge is -2.16. The van der Waals surface area contributed by atoms with Crippen LogP contribution in [0.5, 0.6) is 0 Å². The second kappa shape index (κ2) is 6.26. The number of aliphatic carboxylic acids is 1. The van der Waals surface area contributed by atoms with Gasteiger partial charge in [-0.25, -0.2) is 4.79 Å². The molecule has 0 saturated heterocycles. The van der Waals surface area contributed by atoms with Crippen molar-refractivity contribution in [1.82, 2.24) is 10.6 Å². The third-order valence-electron chi connectivity index (χ3n) is 3.14. The largest absolute Gasteiger partial charge is 0.481 e. The van der Waals surface area contributed by atoms with Gasteiger partial charge in [-0.15, -0.1) is 0 Å². The van der Waals surface area contributed by atoms with Crippen molar-refractivity contribution in [2.75, 3.05) is 6.54 Å². The molecule has 1 aromatic heterocycles. The lowest BCUT2D eigenvalue weighted by atomic mass is 10.1. The standard InChI is InChI=1S/C13H18N2O4/c16-12(17)8-11(9-3-4-9)15-13(18)14-6-5-10-2-1-7-19-10/h1-2,7,9,11H,3-6,8H2,(H,16,17)(H2,14,15,18). The molecule has 6 nitrogen and oxygen atoms in total. The van der Waals surface area contributed by atoms with Gasteiger partial charge in [0.25, 0.3) is 0 Å². The fourth-order valence-corrected chi connectivity index (χ4v) is 2.00. The second-order valence-corrected chi connectivity index (χ2v) is 4.77. The van der Waals surface area contributed by atoms with Crippen molar-refractivity contribution in [3.8, 4) is 0 Å². The minimum atomic E-state index is -0.882. The third kappa shape index (κ3) is 4.65. The number of carboxylic acids is 1. The first kappa shape index (κ1) is 13.5. The second-order valence-electron chi connectivity index (χ2n) is 4.77. The molecular formula is C13H18N2O4. The van der Waals surface area contributed by atoms with Gasteiger partial charge in [-0.3, -0.25) is 4.79 Å². The first-order chi connectivity index (χ1) is 9.15. The van der Waals surface area contributed by atoms with Crippen LogP contribution in [0.3, 0.4) is 0 Å². The summed E-state index contributed by atoms with van der Waals surface area (Å²) in [6.45, 7) is 0.462. The number of urea groups is 1. The average Bonchev–Trinajstić information content (AvgIpc) is 3.07. The number of hydrogen-bond acceptors (Lipinski definition) is 3. The van der Waals surface area contributed by atoms with Gasteiger partial charge in [-0.05, 0) is 30.9 Å². The summed E-state index contributed by atoms with van der Waals surface area (Å²) < 4.78 is 5.15. The number of furan rings is 1. The molecule has 19 heavy (non-hydrogen) atoms. The Kier molecular flexibility index (Phi) is 4.43. The quantitative estimate of drug-likeness (QED) is 0.695. The molecule has 1 aromatic rings. The lowest BCUT2D eigenvalue weighted by Crippen LogP contribution is -2.44. The summed E-state index contributed by atoms with van der Waals surface area (Å²) in [4.78, 5) is 22.4. The topological polar surface area (TPSA) is 91.6 Å². The molecule has 2 amide bonds. The van der Waals surface area contributed by atoms with Gasteiger partial charge in [0.05, 0.1) is 12.7 Å². The molecule has 0 bridgehead atoms. The molecule has 0 aliphatic heterocycles. The van der Waals surface area contributed by atoms with E-state index in [9.17, 15) is 9.59 Å². The van der Waals surface area contributed by atoms with Crippen LogP contribution in [0, 0.1) is 5.92 Å². The van der Waals surface area contributed by atoms with E-state index in [0.29, 0.717) is 18.9 Å². The SMILES string of the molecule is O=C(O)CC(NC(=O)NCCc1ccco1)C1CC1.